The zero-order chi connectivity index (χ0) is 33.5. The molecule has 2 nitrogen and oxygen atoms in total. The van der Waals surface area contributed by atoms with E-state index in [4.69, 9.17) is 4.98 Å². The molecule has 0 fully saturated rings. The monoisotopic (exact) mass is 646 g/mol. The number of aromatic nitrogens is 2. The molecule has 1 spiro atoms. The van der Waals surface area contributed by atoms with Gasteiger partial charge in [-0.1, -0.05) is 121 Å². The molecule has 0 bridgehead atoms. The maximum absolute atomic E-state index is 4.93. The summed E-state index contributed by atoms with van der Waals surface area (Å²) in [5.41, 5.74) is 16.6. The highest BCUT2D eigenvalue weighted by atomic mass is 14.8. The second-order valence-corrected chi connectivity index (χ2v) is 13.7. The van der Waals surface area contributed by atoms with Crippen molar-refractivity contribution in [2.24, 2.45) is 0 Å². The summed E-state index contributed by atoms with van der Waals surface area (Å²) in [5.74, 6) is 0. The van der Waals surface area contributed by atoms with E-state index in [9.17, 15) is 0 Å². The first-order valence-electron chi connectivity index (χ1n) is 17.6. The molecule has 0 aliphatic heterocycles. The second kappa shape index (κ2) is 10.7. The molecular weight excluding hydrogens is 617 g/mol. The smallest absolute Gasteiger partial charge is 0.0893 e. The molecule has 2 heterocycles. The van der Waals surface area contributed by atoms with Crippen molar-refractivity contribution in [1.29, 1.82) is 0 Å². The van der Waals surface area contributed by atoms with Crippen LogP contribution in [-0.2, 0) is 5.41 Å². The minimum atomic E-state index is -0.384. The van der Waals surface area contributed by atoms with Gasteiger partial charge < -0.3 is 0 Å². The highest BCUT2D eigenvalue weighted by Crippen LogP contribution is 2.63. The predicted molar refractivity (Wildman–Crippen MR) is 210 cm³/mol. The van der Waals surface area contributed by atoms with Crippen LogP contribution in [0, 0.1) is 0 Å². The Hall–Kier alpha value is -6.64. The fourth-order valence-corrected chi connectivity index (χ4v) is 8.83. The lowest BCUT2D eigenvalue weighted by Crippen LogP contribution is -2.25. The van der Waals surface area contributed by atoms with Crippen molar-refractivity contribution >= 4 is 21.5 Å². The van der Waals surface area contributed by atoms with Gasteiger partial charge in [0.1, 0.15) is 0 Å². The lowest BCUT2D eigenvalue weighted by atomic mass is 9.70. The minimum Gasteiger partial charge on any atom is -0.255 e. The van der Waals surface area contributed by atoms with E-state index in [1.54, 1.807) is 0 Å². The van der Waals surface area contributed by atoms with E-state index in [0.29, 0.717) is 0 Å². The number of hydrogen-bond acceptors (Lipinski definition) is 2. The van der Waals surface area contributed by atoms with Gasteiger partial charge in [-0.2, -0.15) is 0 Å². The maximum Gasteiger partial charge on any atom is 0.0893 e. The zero-order valence-corrected chi connectivity index (χ0v) is 27.7. The molecule has 0 amide bonds. The standard InChI is InChI=1S/C49H30N2/c1-2-11-34-29-44-40(27-33(34)10-1)41-28-36-24-23-35(31-19-21-32(22-20-31)46-17-9-18-48(51-46)47-16-7-8-25-50-47)26-37(36)30-45(41)49(44)42-14-5-3-12-38(42)39-13-4-6-15-43(39)49/h1-30H. The average Bonchev–Trinajstić information content (AvgIpc) is 3.65. The van der Waals surface area contributed by atoms with Gasteiger partial charge in [-0.05, 0) is 132 Å². The normalized spacial score (nSPS) is 13.3. The van der Waals surface area contributed by atoms with Gasteiger partial charge in [0.05, 0.1) is 22.5 Å². The maximum atomic E-state index is 4.93. The highest BCUT2D eigenvalue weighted by molar-refractivity contribution is 6.03. The van der Waals surface area contributed by atoms with Gasteiger partial charge in [-0.25, -0.2) is 4.98 Å². The summed E-state index contributed by atoms with van der Waals surface area (Å²) in [6.07, 6.45) is 1.81. The van der Waals surface area contributed by atoms with Gasteiger partial charge in [-0.3, -0.25) is 4.98 Å². The third-order valence-electron chi connectivity index (χ3n) is 11.1. The second-order valence-electron chi connectivity index (χ2n) is 13.7. The molecule has 7 aromatic carbocycles. The largest absolute Gasteiger partial charge is 0.255 e. The minimum absolute atomic E-state index is 0.384. The first-order valence-corrected chi connectivity index (χ1v) is 17.6. The molecule has 236 valence electrons. The molecular formula is C49H30N2. The Labute approximate surface area is 296 Å². The SMILES string of the molecule is c1ccc(-c2cccc(-c3ccc(-c4ccc5cc6c(cc5c4)C4(c5ccccc5-c5ccccc54)c4cc5ccccc5cc4-6)cc3)n2)nc1. The zero-order valence-electron chi connectivity index (χ0n) is 27.7. The Morgan fingerprint density at radius 2 is 0.863 bits per heavy atom. The first kappa shape index (κ1) is 28.2. The lowest BCUT2D eigenvalue weighted by Gasteiger charge is -2.30. The van der Waals surface area contributed by atoms with Crippen molar-refractivity contribution in [3.8, 4) is 56.0 Å². The van der Waals surface area contributed by atoms with Gasteiger partial charge in [-0.15, -0.1) is 0 Å². The lowest BCUT2D eigenvalue weighted by molar-refractivity contribution is 0.796. The van der Waals surface area contributed by atoms with Crippen LogP contribution in [0.15, 0.2) is 182 Å². The molecule has 11 rings (SSSR count). The Balaban J connectivity index is 1.07. The number of rotatable bonds is 3. The summed E-state index contributed by atoms with van der Waals surface area (Å²) < 4.78 is 0. The van der Waals surface area contributed by atoms with Crippen LogP contribution in [0.3, 0.4) is 0 Å². The van der Waals surface area contributed by atoms with Crippen LogP contribution < -0.4 is 0 Å². The van der Waals surface area contributed by atoms with Gasteiger partial charge in [0.2, 0.25) is 0 Å². The molecule has 2 heteroatoms. The first-order chi connectivity index (χ1) is 25.3. The fourth-order valence-electron chi connectivity index (χ4n) is 8.83. The van der Waals surface area contributed by atoms with Crippen molar-refractivity contribution < 1.29 is 0 Å². The van der Waals surface area contributed by atoms with Crippen LogP contribution >= 0.6 is 0 Å². The summed E-state index contributed by atoms with van der Waals surface area (Å²) in [6, 6.07) is 64.4. The number of nitrogens with zero attached hydrogens (tertiary/aromatic N) is 2. The van der Waals surface area contributed by atoms with E-state index in [2.05, 4.69) is 157 Å². The van der Waals surface area contributed by atoms with Crippen molar-refractivity contribution in [3.05, 3.63) is 204 Å². The van der Waals surface area contributed by atoms with Crippen molar-refractivity contribution in [2.45, 2.75) is 5.41 Å². The van der Waals surface area contributed by atoms with E-state index in [0.717, 1.165) is 22.6 Å². The van der Waals surface area contributed by atoms with Gasteiger partial charge >= 0.3 is 0 Å². The summed E-state index contributed by atoms with van der Waals surface area (Å²) in [6.45, 7) is 0. The molecule has 2 aliphatic rings. The number of benzene rings is 7. The summed E-state index contributed by atoms with van der Waals surface area (Å²) in [4.78, 5) is 9.42. The predicted octanol–water partition coefficient (Wildman–Crippen LogP) is 12.1. The fraction of sp³-hybridized carbons (Fsp3) is 0.0204. The van der Waals surface area contributed by atoms with Gasteiger partial charge in [0.15, 0.2) is 0 Å². The van der Waals surface area contributed by atoms with Crippen molar-refractivity contribution in [2.75, 3.05) is 0 Å². The quantitative estimate of drug-likeness (QED) is 0.191. The van der Waals surface area contributed by atoms with Crippen LogP contribution in [0.1, 0.15) is 22.3 Å². The van der Waals surface area contributed by atoms with Crippen LogP contribution in [0.5, 0.6) is 0 Å². The topological polar surface area (TPSA) is 25.8 Å². The van der Waals surface area contributed by atoms with Crippen LogP contribution in [0.2, 0.25) is 0 Å². The molecule has 9 aromatic rings. The van der Waals surface area contributed by atoms with Gasteiger partial charge in [0.25, 0.3) is 0 Å². The molecule has 0 atom stereocenters. The summed E-state index contributed by atoms with van der Waals surface area (Å²) in [5, 5.41) is 5.05. The third-order valence-corrected chi connectivity index (χ3v) is 11.1. The van der Waals surface area contributed by atoms with E-state index in [1.807, 2.05) is 30.5 Å². The summed E-state index contributed by atoms with van der Waals surface area (Å²) in [7, 11) is 0. The van der Waals surface area contributed by atoms with Gasteiger partial charge in [0, 0.05) is 11.8 Å². The molecule has 2 aromatic heterocycles. The van der Waals surface area contributed by atoms with E-state index in [1.165, 1.54) is 77.2 Å². The van der Waals surface area contributed by atoms with Crippen molar-refractivity contribution in [1.82, 2.24) is 9.97 Å². The molecule has 0 saturated heterocycles. The molecule has 0 N–H and O–H groups in total. The van der Waals surface area contributed by atoms with E-state index < -0.39 is 0 Å². The molecule has 0 radical (unpaired) electrons. The molecule has 2 aliphatic carbocycles. The van der Waals surface area contributed by atoms with E-state index in [-0.39, 0.29) is 5.41 Å². The average molecular weight is 647 g/mol. The molecule has 0 unspecified atom stereocenters. The van der Waals surface area contributed by atoms with Crippen LogP contribution in [0.4, 0.5) is 0 Å². The Morgan fingerprint density at radius 3 is 1.57 bits per heavy atom. The third kappa shape index (κ3) is 4.05. The highest BCUT2D eigenvalue weighted by Gasteiger charge is 2.51. The molecule has 51 heavy (non-hydrogen) atoms. The number of fused-ring (bicyclic) bond motifs is 12. The number of hydrogen-bond donors (Lipinski definition) is 0. The van der Waals surface area contributed by atoms with Crippen LogP contribution in [0.25, 0.3) is 77.6 Å². The van der Waals surface area contributed by atoms with Crippen molar-refractivity contribution in [3.63, 3.8) is 0 Å². The molecule has 0 saturated carbocycles. The van der Waals surface area contributed by atoms with E-state index >= 15 is 0 Å². The Morgan fingerprint density at radius 1 is 0.314 bits per heavy atom. The number of pyridine rings is 2. The Kier molecular flexibility index (Phi) is 5.91. The Bertz CT molecular complexity index is 2800. The van der Waals surface area contributed by atoms with Crippen LogP contribution in [-0.4, -0.2) is 9.97 Å². The summed E-state index contributed by atoms with van der Waals surface area (Å²) >= 11 is 0.